The summed E-state index contributed by atoms with van der Waals surface area (Å²) in [6.45, 7) is 2.09. The number of amides is 3. The maximum atomic E-state index is 11.6. The Morgan fingerprint density at radius 2 is 2.23 bits per heavy atom. The summed E-state index contributed by atoms with van der Waals surface area (Å²) in [6, 6.07) is -0.236. The molecule has 7 nitrogen and oxygen atoms in total. The first-order valence-electron chi connectivity index (χ1n) is 6.90. The van der Waals surface area contributed by atoms with Crippen molar-refractivity contribution in [1.82, 2.24) is 15.6 Å². The summed E-state index contributed by atoms with van der Waals surface area (Å²) in [7, 11) is 0. The Bertz CT molecular complexity index is 557. The molecule has 9 heteroatoms. The molecule has 1 aliphatic carbocycles. The standard InChI is InChI=1S/C13H17N3O4S2/c1-2-20-11(18)5-9-6-21-13(15-9)22-7-10(17)16-12(19)14-8-3-4-8/h6,8H,2-5,7H2,1H3,(H2,14,16,17,19). The van der Waals surface area contributed by atoms with Crippen molar-refractivity contribution >= 4 is 41.0 Å². The molecular weight excluding hydrogens is 326 g/mol. The van der Waals surface area contributed by atoms with Gasteiger partial charge in [0.15, 0.2) is 4.34 Å². The highest BCUT2D eigenvalue weighted by atomic mass is 32.2. The number of thioether (sulfide) groups is 1. The van der Waals surface area contributed by atoms with Gasteiger partial charge in [-0.25, -0.2) is 9.78 Å². The molecule has 1 saturated carbocycles. The summed E-state index contributed by atoms with van der Waals surface area (Å²) in [6.07, 6.45) is 2.07. The molecule has 1 heterocycles. The van der Waals surface area contributed by atoms with Crippen LogP contribution in [0.25, 0.3) is 0 Å². The second-order valence-electron chi connectivity index (χ2n) is 4.67. The Morgan fingerprint density at radius 1 is 1.45 bits per heavy atom. The van der Waals surface area contributed by atoms with Crippen LogP contribution in [0.2, 0.25) is 0 Å². The monoisotopic (exact) mass is 343 g/mol. The minimum absolute atomic E-state index is 0.102. The minimum atomic E-state index is -0.449. The third-order valence-corrected chi connectivity index (χ3v) is 4.72. The van der Waals surface area contributed by atoms with E-state index in [9.17, 15) is 14.4 Å². The molecule has 0 aliphatic heterocycles. The van der Waals surface area contributed by atoms with Crippen molar-refractivity contribution in [2.24, 2.45) is 0 Å². The zero-order valence-corrected chi connectivity index (χ0v) is 13.7. The summed E-state index contributed by atoms with van der Waals surface area (Å²) >= 11 is 2.58. The van der Waals surface area contributed by atoms with Gasteiger partial charge in [0, 0.05) is 11.4 Å². The first-order chi connectivity index (χ1) is 10.6. The number of rotatable bonds is 7. The number of carbonyl (C=O) groups is 3. The first kappa shape index (κ1) is 16.8. The molecule has 0 atom stereocenters. The zero-order valence-electron chi connectivity index (χ0n) is 12.1. The van der Waals surface area contributed by atoms with Crippen molar-refractivity contribution in [3.63, 3.8) is 0 Å². The molecule has 0 bridgehead atoms. The van der Waals surface area contributed by atoms with Crippen molar-refractivity contribution in [2.75, 3.05) is 12.4 Å². The predicted molar refractivity (Wildman–Crippen MR) is 82.9 cm³/mol. The quantitative estimate of drug-likeness (QED) is 0.572. The number of nitrogens with one attached hydrogen (secondary N) is 2. The average Bonchev–Trinajstić information content (AvgIpc) is 3.14. The van der Waals surface area contributed by atoms with Gasteiger partial charge in [0.1, 0.15) is 0 Å². The molecule has 22 heavy (non-hydrogen) atoms. The molecular formula is C13H17N3O4S2. The van der Waals surface area contributed by atoms with E-state index >= 15 is 0 Å². The lowest BCUT2D eigenvalue weighted by molar-refractivity contribution is -0.142. The Balaban J connectivity index is 1.69. The summed E-state index contributed by atoms with van der Waals surface area (Å²) in [5.74, 6) is -0.589. The number of carbonyl (C=O) groups excluding carboxylic acids is 3. The van der Waals surface area contributed by atoms with E-state index in [4.69, 9.17) is 4.74 Å². The smallest absolute Gasteiger partial charge is 0.321 e. The van der Waals surface area contributed by atoms with Crippen LogP contribution in [0, 0.1) is 0 Å². The van der Waals surface area contributed by atoms with Gasteiger partial charge in [-0.3, -0.25) is 14.9 Å². The predicted octanol–water partition coefficient (Wildman–Crippen LogP) is 1.33. The fraction of sp³-hybridized carbons (Fsp3) is 0.538. The maximum Gasteiger partial charge on any atom is 0.321 e. The summed E-state index contributed by atoms with van der Waals surface area (Å²) in [5.41, 5.74) is 0.623. The number of urea groups is 1. The van der Waals surface area contributed by atoms with Gasteiger partial charge in [-0.1, -0.05) is 11.8 Å². The lowest BCUT2D eigenvalue weighted by Gasteiger charge is -2.04. The van der Waals surface area contributed by atoms with Crippen LogP contribution in [0.4, 0.5) is 4.79 Å². The summed E-state index contributed by atoms with van der Waals surface area (Å²) in [5, 5.41) is 6.71. The van der Waals surface area contributed by atoms with E-state index in [0.717, 1.165) is 12.8 Å². The lowest BCUT2D eigenvalue weighted by atomic mass is 10.3. The fourth-order valence-corrected chi connectivity index (χ4v) is 3.18. The average molecular weight is 343 g/mol. The number of imide groups is 1. The molecule has 0 saturated heterocycles. The second kappa shape index (κ2) is 8.14. The Kier molecular flexibility index (Phi) is 6.20. The second-order valence-corrected chi connectivity index (χ2v) is 6.75. The van der Waals surface area contributed by atoms with E-state index in [1.54, 1.807) is 12.3 Å². The first-order valence-corrected chi connectivity index (χ1v) is 8.76. The van der Waals surface area contributed by atoms with Gasteiger partial charge in [-0.2, -0.15) is 0 Å². The van der Waals surface area contributed by atoms with Gasteiger partial charge in [-0.05, 0) is 19.8 Å². The highest BCUT2D eigenvalue weighted by Gasteiger charge is 2.23. The molecule has 1 aliphatic rings. The van der Waals surface area contributed by atoms with E-state index in [0.29, 0.717) is 16.6 Å². The van der Waals surface area contributed by atoms with Crippen LogP contribution < -0.4 is 10.6 Å². The number of hydrogen-bond donors (Lipinski definition) is 2. The van der Waals surface area contributed by atoms with Gasteiger partial charge in [0.25, 0.3) is 0 Å². The van der Waals surface area contributed by atoms with E-state index < -0.39 is 6.03 Å². The van der Waals surface area contributed by atoms with Crippen LogP contribution in [0.3, 0.4) is 0 Å². The highest BCUT2D eigenvalue weighted by Crippen LogP contribution is 2.23. The highest BCUT2D eigenvalue weighted by molar-refractivity contribution is 8.01. The maximum absolute atomic E-state index is 11.6. The number of esters is 1. The molecule has 1 aromatic heterocycles. The van der Waals surface area contributed by atoms with Gasteiger partial charge in [-0.15, -0.1) is 11.3 Å². The van der Waals surface area contributed by atoms with Crippen molar-refractivity contribution < 1.29 is 19.1 Å². The van der Waals surface area contributed by atoms with Crippen LogP contribution in [-0.4, -0.2) is 41.3 Å². The molecule has 2 N–H and O–H groups in total. The number of nitrogens with zero attached hydrogens (tertiary/aromatic N) is 1. The van der Waals surface area contributed by atoms with E-state index in [1.165, 1.54) is 23.1 Å². The van der Waals surface area contributed by atoms with Crippen LogP contribution in [0.15, 0.2) is 9.72 Å². The molecule has 120 valence electrons. The molecule has 0 spiro atoms. The minimum Gasteiger partial charge on any atom is -0.466 e. The zero-order chi connectivity index (χ0) is 15.9. The van der Waals surface area contributed by atoms with E-state index in [2.05, 4.69) is 15.6 Å². The largest absolute Gasteiger partial charge is 0.466 e. The molecule has 0 unspecified atom stereocenters. The van der Waals surface area contributed by atoms with Gasteiger partial charge in [0.2, 0.25) is 5.91 Å². The van der Waals surface area contributed by atoms with Crippen LogP contribution in [-0.2, 0) is 20.7 Å². The molecule has 3 amide bonds. The van der Waals surface area contributed by atoms with Crippen LogP contribution >= 0.6 is 23.1 Å². The van der Waals surface area contributed by atoms with E-state index in [-0.39, 0.29) is 30.1 Å². The SMILES string of the molecule is CCOC(=O)Cc1csc(SCC(=O)NC(=O)NC2CC2)n1. The van der Waals surface area contributed by atoms with Crippen molar-refractivity contribution in [3.05, 3.63) is 11.1 Å². The van der Waals surface area contributed by atoms with Crippen molar-refractivity contribution in [1.29, 1.82) is 0 Å². The van der Waals surface area contributed by atoms with Crippen LogP contribution in [0.5, 0.6) is 0 Å². The van der Waals surface area contributed by atoms with Crippen LogP contribution in [0.1, 0.15) is 25.5 Å². The number of thiazole rings is 1. The third kappa shape index (κ3) is 6.02. The van der Waals surface area contributed by atoms with E-state index in [1.807, 2.05) is 0 Å². The molecule has 1 aromatic rings. The van der Waals surface area contributed by atoms with Crippen molar-refractivity contribution in [2.45, 2.75) is 36.6 Å². The Morgan fingerprint density at radius 3 is 2.91 bits per heavy atom. The fourth-order valence-electron chi connectivity index (χ4n) is 1.53. The van der Waals surface area contributed by atoms with Gasteiger partial charge < -0.3 is 10.1 Å². The normalized spacial score (nSPS) is 13.5. The molecule has 1 fully saturated rings. The Labute approximate surface area is 136 Å². The van der Waals surface area contributed by atoms with Gasteiger partial charge >= 0.3 is 12.0 Å². The van der Waals surface area contributed by atoms with Gasteiger partial charge in [0.05, 0.1) is 24.5 Å². The number of ether oxygens (including phenoxy) is 1. The number of hydrogen-bond acceptors (Lipinski definition) is 7. The molecule has 0 aromatic carbocycles. The number of aromatic nitrogens is 1. The lowest BCUT2D eigenvalue weighted by Crippen LogP contribution is -2.41. The Hall–Kier alpha value is -1.61. The summed E-state index contributed by atoms with van der Waals surface area (Å²) in [4.78, 5) is 38.6. The summed E-state index contributed by atoms with van der Waals surface area (Å²) < 4.78 is 5.52. The third-order valence-electron chi connectivity index (χ3n) is 2.65. The van der Waals surface area contributed by atoms with Crippen molar-refractivity contribution in [3.8, 4) is 0 Å². The topological polar surface area (TPSA) is 97.4 Å². The molecule has 2 rings (SSSR count). The molecule has 0 radical (unpaired) electrons.